The van der Waals surface area contributed by atoms with Crippen LogP contribution in [0.2, 0.25) is 0 Å². The topological polar surface area (TPSA) is 127 Å². The van der Waals surface area contributed by atoms with Crippen LogP contribution in [0.25, 0.3) is 0 Å². The molecule has 0 saturated carbocycles. The van der Waals surface area contributed by atoms with Crippen molar-refractivity contribution in [3.05, 3.63) is 24.3 Å². The van der Waals surface area contributed by atoms with Gasteiger partial charge in [-0.25, -0.2) is 0 Å². The van der Waals surface area contributed by atoms with Crippen LogP contribution < -0.4 is 11.5 Å². The fraction of sp³-hybridized carbons (Fsp3) is 0.667. The van der Waals surface area contributed by atoms with Crippen molar-refractivity contribution in [1.82, 2.24) is 0 Å². The third-order valence-electron chi connectivity index (χ3n) is 4.55. The lowest BCUT2D eigenvalue weighted by atomic mass is 9.91. The van der Waals surface area contributed by atoms with E-state index in [4.69, 9.17) is 21.7 Å². The summed E-state index contributed by atoms with van der Waals surface area (Å²) >= 11 is 0. The van der Waals surface area contributed by atoms with Crippen molar-refractivity contribution in [2.24, 2.45) is 23.3 Å². The van der Waals surface area contributed by atoms with Gasteiger partial charge in [0.2, 0.25) is 0 Å². The number of carboxylic acid groups (broad SMARTS) is 2. The zero-order valence-corrected chi connectivity index (χ0v) is 14.1. The number of nitrogens with two attached hydrogens (primary N) is 2. The lowest BCUT2D eigenvalue weighted by molar-refractivity contribution is -0.143. The summed E-state index contributed by atoms with van der Waals surface area (Å²) in [7, 11) is 0. The maximum atomic E-state index is 10.7. The standard InChI is InChI=1S/2C9H15NO2/c2*10-8-6-4-2-1-3-5-7(8)9(11)12/h2*4,6-8H,1-3,5,10H2,(H,11,12)/b2*6-4-/t2*7-,8+/m10/s1. The van der Waals surface area contributed by atoms with Gasteiger partial charge in [-0.15, -0.1) is 0 Å². The first kappa shape index (κ1) is 20.4. The Bertz CT molecular complexity index is 420. The fourth-order valence-electron chi connectivity index (χ4n) is 2.99. The summed E-state index contributed by atoms with van der Waals surface area (Å²) in [5.41, 5.74) is 11.4. The van der Waals surface area contributed by atoms with Gasteiger partial charge in [0.05, 0.1) is 11.8 Å². The quantitative estimate of drug-likeness (QED) is 0.572. The monoisotopic (exact) mass is 338 g/mol. The van der Waals surface area contributed by atoms with Crippen molar-refractivity contribution >= 4 is 11.9 Å². The maximum Gasteiger partial charge on any atom is 0.308 e. The molecular formula is C18H30N2O4. The zero-order chi connectivity index (χ0) is 17.9. The van der Waals surface area contributed by atoms with Gasteiger partial charge in [0, 0.05) is 12.1 Å². The Kier molecular flexibility index (Phi) is 9.34. The summed E-state index contributed by atoms with van der Waals surface area (Å²) in [5.74, 6) is -2.31. The Morgan fingerprint density at radius 2 is 1.12 bits per heavy atom. The number of rotatable bonds is 2. The van der Waals surface area contributed by atoms with Crippen LogP contribution in [0.3, 0.4) is 0 Å². The molecule has 6 heteroatoms. The number of hydrogen-bond donors (Lipinski definition) is 4. The molecule has 2 aliphatic rings. The van der Waals surface area contributed by atoms with E-state index in [0.29, 0.717) is 12.8 Å². The van der Waals surface area contributed by atoms with Gasteiger partial charge < -0.3 is 21.7 Å². The van der Waals surface area contributed by atoms with E-state index in [0.717, 1.165) is 38.5 Å². The Morgan fingerprint density at radius 1 is 0.750 bits per heavy atom. The summed E-state index contributed by atoms with van der Waals surface area (Å²) in [6.07, 6.45) is 15.2. The molecule has 0 aromatic carbocycles. The van der Waals surface area contributed by atoms with E-state index in [2.05, 4.69) is 0 Å². The maximum absolute atomic E-state index is 10.7. The predicted molar refractivity (Wildman–Crippen MR) is 93.4 cm³/mol. The highest BCUT2D eigenvalue weighted by atomic mass is 16.4. The smallest absolute Gasteiger partial charge is 0.308 e. The predicted octanol–water partition coefficient (Wildman–Crippen LogP) is 2.29. The lowest BCUT2D eigenvalue weighted by Gasteiger charge is -2.18. The van der Waals surface area contributed by atoms with Crippen LogP contribution >= 0.6 is 0 Å². The molecule has 2 aliphatic carbocycles. The van der Waals surface area contributed by atoms with Gasteiger partial charge in [-0.3, -0.25) is 9.59 Å². The highest BCUT2D eigenvalue weighted by Gasteiger charge is 2.24. The van der Waals surface area contributed by atoms with Crippen LogP contribution in [-0.4, -0.2) is 34.2 Å². The second-order valence-electron chi connectivity index (χ2n) is 6.47. The van der Waals surface area contributed by atoms with E-state index in [1.807, 2.05) is 24.3 Å². The number of carbonyl (C=O) groups is 2. The second kappa shape index (κ2) is 11.0. The van der Waals surface area contributed by atoms with Gasteiger partial charge in [-0.1, -0.05) is 37.1 Å². The minimum Gasteiger partial charge on any atom is -0.481 e. The molecule has 0 aromatic heterocycles. The molecular weight excluding hydrogens is 308 g/mol. The molecule has 0 aliphatic heterocycles. The first-order chi connectivity index (χ1) is 11.4. The molecule has 6 nitrogen and oxygen atoms in total. The molecule has 0 unspecified atom stereocenters. The highest BCUT2D eigenvalue weighted by molar-refractivity contribution is 5.71. The second-order valence-corrected chi connectivity index (χ2v) is 6.47. The highest BCUT2D eigenvalue weighted by Crippen LogP contribution is 2.18. The first-order valence-corrected chi connectivity index (χ1v) is 8.73. The number of hydrogen-bond acceptors (Lipinski definition) is 4. The molecule has 0 aromatic rings. The van der Waals surface area contributed by atoms with Crippen molar-refractivity contribution in [1.29, 1.82) is 0 Å². The van der Waals surface area contributed by atoms with Gasteiger partial charge in [-0.2, -0.15) is 0 Å². The molecule has 6 N–H and O–H groups in total. The van der Waals surface area contributed by atoms with E-state index in [1.165, 1.54) is 0 Å². The average Bonchev–Trinajstić information content (AvgIpc) is 2.47. The van der Waals surface area contributed by atoms with Crippen molar-refractivity contribution in [2.45, 2.75) is 63.5 Å². The minimum atomic E-state index is -0.769. The van der Waals surface area contributed by atoms with Gasteiger partial charge in [0.25, 0.3) is 0 Å². The van der Waals surface area contributed by atoms with E-state index in [1.54, 1.807) is 0 Å². The third-order valence-corrected chi connectivity index (χ3v) is 4.55. The van der Waals surface area contributed by atoms with Crippen molar-refractivity contribution < 1.29 is 19.8 Å². The Balaban J connectivity index is 0.000000240. The van der Waals surface area contributed by atoms with Crippen molar-refractivity contribution in [2.75, 3.05) is 0 Å². The van der Waals surface area contributed by atoms with Crippen LogP contribution in [-0.2, 0) is 9.59 Å². The zero-order valence-electron chi connectivity index (χ0n) is 14.1. The Morgan fingerprint density at radius 3 is 1.46 bits per heavy atom. The lowest BCUT2D eigenvalue weighted by Crippen LogP contribution is -2.34. The van der Waals surface area contributed by atoms with E-state index >= 15 is 0 Å². The van der Waals surface area contributed by atoms with E-state index in [9.17, 15) is 9.59 Å². The summed E-state index contributed by atoms with van der Waals surface area (Å²) in [5, 5.41) is 17.6. The molecule has 4 atom stereocenters. The van der Waals surface area contributed by atoms with Crippen LogP contribution in [0.1, 0.15) is 51.4 Å². The minimum absolute atomic E-state index is 0.303. The van der Waals surface area contributed by atoms with E-state index < -0.39 is 11.9 Å². The molecule has 0 radical (unpaired) electrons. The SMILES string of the molecule is N[C@@H]1/C=C\CCCC[C@@H]1C(=O)O.N[C@H]1/C=C\CCCC[C@H]1C(=O)O. The van der Waals surface area contributed by atoms with Crippen molar-refractivity contribution in [3.63, 3.8) is 0 Å². The first-order valence-electron chi connectivity index (χ1n) is 8.73. The third kappa shape index (κ3) is 7.27. The molecule has 0 bridgehead atoms. The molecule has 0 heterocycles. The summed E-state index contributed by atoms with van der Waals surface area (Å²) in [6, 6.07) is -0.606. The number of aliphatic carboxylic acids is 2. The molecule has 24 heavy (non-hydrogen) atoms. The van der Waals surface area contributed by atoms with Crippen LogP contribution in [0.5, 0.6) is 0 Å². The van der Waals surface area contributed by atoms with E-state index in [-0.39, 0.29) is 23.9 Å². The van der Waals surface area contributed by atoms with Crippen LogP contribution in [0.4, 0.5) is 0 Å². The fourth-order valence-corrected chi connectivity index (χ4v) is 2.99. The van der Waals surface area contributed by atoms with Gasteiger partial charge in [0.15, 0.2) is 0 Å². The summed E-state index contributed by atoms with van der Waals surface area (Å²) in [6.45, 7) is 0. The van der Waals surface area contributed by atoms with Gasteiger partial charge >= 0.3 is 11.9 Å². The molecule has 0 fully saturated rings. The average molecular weight is 338 g/mol. The molecule has 0 amide bonds. The summed E-state index contributed by atoms with van der Waals surface area (Å²) in [4.78, 5) is 21.4. The Hall–Kier alpha value is -1.66. The largest absolute Gasteiger partial charge is 0.481 e. The van der Waals surface area contributed by atoms with Crippen LogP contribution in [0.15, 0.2) is 24.3 Å². The van der Waals surface area contributed by atoms with Gasteiger partial charge in [-0.05, 0) is 38.5 Å². The Labute approximate surface area is 143 Å². The van der Waals surface area contributed by atoms with Crippen molar-refractivity contribution in [3.8, 4) is 0 Å². The normalized spacial score (nSPS) is 33.4. The summed E-state index contributed by atoms with van der Waals surface area (Å²) < 4.78 is 0. The number of carboxylic acids is 2. The molecule has 0 spiro atoms. The molecule has 2 rings (SSSR count). The molecule has 0 saturated heterocycles. The van der Waals surface area contributed by atoms with Gasteiger partial charge in [0.1, 0.15) is 0 Å². The number of allylic oxidation sites excluding steroid dienone is 2. The van der Waals surface area contributed by atoms with Crippen LogP contribution in [0, 0.1) is 11.8 Å². The molecule has 136 valence electrons.